The van der Waals surface area contributed by atoms with Crippen molar-refractivity contribution in [2.45, 2.75) is 27.2 Å². The van der Waals surface area contributed by atoms with Crippen LogP contribution in [0.2, 0.25) is 0 Å². The SMILES string of the molecule is CCCOC(=O)/C(Cl)=C/C1C(C(=O)O)C1(C)C. The second-order valence-electron chi connectivity index (χ2n) is 4.81. The first-order valence-electron chi connectivity index (χ1n) is 5.59. The van der Waals surface area contributed by atoms with Gasteiger partial charge in [0.15, 0.2) is 0 Å². The molecule has 0 radical (unpaired) electrons. The summed E-state index contributed by atoms with van der Waals surface area (Å²) in [7, 11) is 0. The monoisotopic (exact) mass is 260 g/mol. The van der Waals surface area contributed by atoms with Gasteiger partial charge < -0.3 is 9.84 Å². The van der Waals surface area contributed by atoms with E-state index in [0.29, 0.717) is 6.61 Å². The molecule has 1 aliphatic rings. The van der Waals surface area contributed by atoms with Gasteiger partial charge in [0.25, 0.3) is 0 Å². The van der Waals surface area contributed by atoms with Crippen LogP contribution in [-0.4, -0.2) is 23.7 Å². The summed E-state index contributed by atoms with van der Waals surface area (Å²) in [6, 6.07) is 0. The molecule has 0 aromatic rings. The second kappa shape index (κ2) is 5.08. The van der Waals surface area contributed by atoms with Crippen molar-refractivity contribution >= 4 is 23.5 Å². The number of carboxylic acid groups (broad SMARTS) is 1. The molecule has 2 unspecified atom stereocenters. The highest BCUT2D eigenvalue weighted by molar-refractivity contribution is 6.41. The normalized spacial score (nSPS) is 26.5. The zero-order valence-corrected chi connectivity index (χ0v) is 11.0. The van der Waals surface area contributed by atoms with Crippen LogP contribution in [0.15, 0.2) is 11.1 Å². The van der Waals surface area contributed by atoms with Crippen LogP contribution in [-0.2, 0) is 14.3 Å². The molecule has 17 heavy (non-hydrogen) atoms. The fraction of sp³-hybridized carbons (Fsp3) is 0.667. The predicted molar refractivity (Wildman–Crippen MR) is 63.6 cm³/mol. The minimum Gasteiger partial charge on any atom is -0.481 e. The summed E-state index contributed by atoms with van der Waals surface area (Å²) in [6.45, 7) is 5.89. The average molecular weight is 261 g/mol. The molecule has 5 heteroatoms. The summed E-state index contributed by atoms with van der Waals surface area (Å²) >= 11 is 5.79. The van der Waals surface area contributed by atoms with E-state index in [1.54, 1.807) is 0 Å². The molecule has 1 N–H and O–H groups in total. The van der Waals surface area contributed by atoms with E-state index >= 15 is 0 Å². The van der Waals surface area contributed by atoms with Gasteiger partial charge in [0.2, 0.25) is 0 Å². The lowest BCUT2D eigenvalue weighted by Gasteiger charge is -2.01. The third-order valence-electron chi connectivity index (χ3n) is 3.13. The molecule has 0 aromatic carbocycles. The number of carbonyl (C=O) groups is 2. The van der Waals surface area contributed by atoms with Crippen molar-refractivity contribution in [3.63, 3.8) is 0 Å². The van der Waals surface area contributed by atoms with E-state index in [1.807, 2.05) is 20.8 Å². The predicted octanol–water partition coefficient (Wildman–Crippen LogP) is 2.42. The summed E-state index contributed by atoms with van der Waals surface area (Å²) < 4.78 is 4.86. The van der Waals surface area contributed by atoms with E-state index < -0.39 is 17.9 Å². The van der Waals surface area contributed by atoms with Gasteiger partial charge in [-0.25, -0.2) is 4.79 Å². The highest BCUT2D eigenvalue weighted by Gasteiger charge is 2.61. The first-order chi connectivity index (χ1) is 7.82. The molecule has 96 valence electrons. The van der Waals surface area contributed by atoms with E-state index in [0.717, 1.165) is 6.42 Å². The van der Waals surface area contributed by atoms with Crippen LogP contribution in [0, 0.1) is 17.3 Å². The summed E-state index contributed by atoms with van der Waals surface area (Å²) in [5, 5.41) is 8.94. The van der Waals surface area contributed by atoms with Crippen molar-refractivity contribution in [3.8, 4) is 0 Å². The Hall–Kier alpha value is -1.03. The summed E-state index contributed by atoms with van der Waals surface area (Å²) in [6.07, 6.45) is 2.22. The van der Waals surface area contributed by atoms with Gasteiger partial charge in [-0.2, -0.15) is 0 Å². The molecule has 2 atom stereocenters. The number of carbonyl (C=O) groups excluding carboxylic acids is 1. The molecule has 0 heterocycles. The van der Waals surface area contributed by atoms with Crippen molar-refractivity contribution in [1.29, 1.82) is 0 Å². The number of allylic oxidation sites excluding steroid dienone is 1. The highest BCUT2D eigenvalue weighted by atomic mass is 35.5. The van der Waals surface area contributed by atoms with E-state index in [1.165, 1.54) is 6.08 Å². The molecule has 1 rings (SSSR count). The average Bonchev–Trinajstić information content (AvgIpc) is 2.76. The number of rotatable bonds is 5. The van der Waals surface area contributed by atoms with Crippen LogP contribution in [0.3, 0.4) is 0 Å². The maximum absolute atomic E-state index is 11.4. The molecule has 0 amide bonds. The van der Waals surface area contributed by atoms with Crippen molar-refractivity contribution in [2.24, 2.45) is 17.3 Å². The van der Waals surface area contributed by atoms with Crippen molar-refractivity contribution in [2.75, 3.05) is 6.61 Å². The van der Waals surface area contributed by atoms with Gasteiger partial charge in [-0.3, -0.25) is 4.79 Å². The third-order valence-corrected chi connectivity index (χ3v) is 3.42. The number of aliphatic carboxylic acids is 1. The Morgan fingerprint density at radius 1 is 1.47 bits per heavy atom. The lowest BCUT2D eigenvalue weighted by molar-refractivity contribution is -0.140. The molecule has 0 aliphatic heterocycles. The van der Waals surface area contributed by atoms with Gasteiger partial charge in [-0.1, -0.05) is 38.4 Å². The van der Waals surface area contributed by atoms with Gasteiger partial charge in [0.1, 0.15) is 5.03 Å². The number of hydrogen-bond acceptors (Lipinski definition) is 3. The number of esters is 1. The molecular weight excluding hydrogens is 244 g/mol. The molecule has 0 aromatic heterocycles. The Balaban J connectivity index is 2.65. The van der Waals surface area contributed by atoms with E-state index in [4.69, 9.17) is 21.4 Å². The Kier molecular flexibility index (Phi) is 4.20. The lowest BCUT2D eigenvalue weighted by atomic mass is 10.1. The molecule has 1 aliphatic carbocycles. The maximum Gasteiger partial charge on any atom is 0.349 e. The van der Waals surface area contributed by atoms with Crippen LogP contribution < -0.4 is 0 Å². The first-order valence-corrected chi connectivity index (χ1v) is 5.97. The van der Waals surface area contributed by atoms with Crippen molar-refractivity contribution in [3.05, 3.63) is 11.1 Å². The lowest BCUT2D eigenvalue weighted by Crippen LogP contribution is -2.06. The molecular formula is C12H17ClO4. The van der Waals surface area contributed by atoms with Crippen LogP contribution in [0.5, 0.6) is 0 Å². The number of carboxylic acids is 1. The quantitative estimate of drug-likeness (QED) is 0.609. The fourth-order valence-corrected chi connectivity index (χ4v) is 2.14. The molecule has 1 fully saturated rings. The third kappa shape index (κ3) is 3.00. The minimum atomic E-state index is -0.859. The Morgan fingerprint density at radius 3 is 2.47 bits per heavy atom. The first kappa shape index (κ1) is 14.0. The molecule has 0 bridgehead atoms. The summed E-state index contributed by atoms with van der Waals surface area (Å²) in [5.41, 5.74) is -0.350. The molecule has 0 spiro atoms. The zero-order valence-electron chi connectivity index (χ0n) is 10.2. The van der Waals surface area contributed by atoms with Crippen LogP contribution in [0.1, 0.15) is 27.2 Å². The summed E-state index contributed by atoms with van der Waals surface area (Å²) in [4.78, 5) is 22.3. The van der Waals surface area contributed by atoms with Gasteiger partial charge in [-0.05, 0) is 17.8 Å². The highest BCUT2D eigenvalue weighted by Crippen LogP contribution is 2.59. The molecule has 4 nitrogen and oxygen atoms in total. The minimum absolute atomic E-state index is 0.0275. The van der Waals surface area contributed by atoms with E-state index in [9.17, 15) is 9.59 Å². The number of halogens is 1. The fourth-order valence-electron chi connectivity index (χ4n) is 1.95. The molecule has 0 saturated heterocycles. The van der Waals surface area contributed by atoms with Gasteiger partial charge in [-0.15, -0.1) is 0 Å². The topological polar surface area (TPSA) is 63.6 Å². The number of ether oxygens (including phenoxy) is 1. The van der Waals surface area contributed by atoms with Crippen LogP contribution >= 0.6 is 11.6 Å². The van der Waals surface area contributed by atoms with E-state index in [2.05, 4.69) is 0 Å². The van der Waals surface area contributed by atoms with Gasteiger partial charge in [0, 0.05) is 0 Å². The second-order valence-corrected chi connectivity index (χ2v) is 5.22. The van der Waals surface area contributed by atoms with Crippen LogP contribution in [0.4, 0.5) is 0 Å². The summed E-state index contributed by atoms with van der Waals surface area (Å²) in [5.74, 6) is -2.13. The van der Waals surface area contributed by atoms with Crippen molar-refractivity contribution < 1.29 is 19.4 Å². The number of hydrogen-bond donors (Lipinski definition) is 1. The van der Waals surface area contributed by atoms with E-state index in [-0.39, 0.29) is 16.4 Å². The van der Waals surface area contributed by atoms with Gasteiger partial charge in [0.05, 0.1) is 12.5 Å². The Bertz CT molecular complexity index is 360. The Labute approximate surface area is 106 Å². The van der Waals surface area contributed by atoms with Crippen molar-refractivity contribution in [1.82, 2.24) is 0 Å². The smallest absolute Gasteiger partial charge is 0.349 e. The standard InChI is InChI=1S/C12H17ClO4/c1-4-5-17-11(16)8(13)6-7-9(10(14)15)12(7,2)3/h6-7,9H,4-5H2,1-3H3,(H,14,15)/b8-6-. The molecule has 1 saturated carbocycles. The zero-order chi connectivity index (χ0) is 13.2. The van der Waals surface area contributed by atoms with Crippen LogP contribution in [0.25, 0.3) is 0 Å². The van der Waals surface area contributed by atoms with Gasteiger partial charge >= 0.3 is 11.9 Å². The maximum atomic E-state index is 11.4. The Morgan fingerprint density at radius 2 is 2.06 bits per heavy atom. The largest absolute Gasteiger partial charge is 0.481 e.